The van der Waals surface area contributed by atoms with Gasteiger partial charge in [-0.25, -0.2) is 4.79 Å². The molecule has 9 heteroatoms. The van der Waals surface area contributed by atoms with Crippen molar-refractivity contribution < 1.29 is 14.5 Å². The molecule has 1 aromatic heterocycles. The Morgan fingerprint density at radius 2 is 2.17 bits per heavy atom. The minimum absolute atomic E-state index is 0.369. The minimum atomic E-state index is -1.11. The molecule has 1 rings (SSSR count). The summed E-state index contributed by atoms with van der Waals surface area (Å²) in [5.41, 5.74) is -2.84. The highest BCUT2D eigenvalue weighted by Gasteiger charge is 2.16. The first-order chi connectivity index (χ1) is 8.31. The maximum atomic E-state index is 11.3. The van der Waals surface area contributed by atoms with Gasteiger partial charge in [0.25, 0.3) is 0 Å². The van der Waals surface area contributed by atoms with Gasteiger partial charge < -0.3 is 4.74 Å². The van der Waals surface area contributed by atoms with Gasteiger partial charge in [0.05, 0.1) is 17.2 Å². The van der Waals surface area contributed by atoms with E-state index in [-0.39, 0.29) is 6.10 Å². The molecule has 0 spiro atoms. The van der Waals surface area contributed by atoms with Crippen LogP contribution in [0.5, 0.6) is 0 Å². The van der Waals surface area contributed by atoms with Crippen LogP contribution in [-0.2, 0) is 16.1 Å². The Morgan fingerprint density at radius 1 is 1.56 bits per heavy atom. The van der Waals surface area contributed by atoms with E-state index in [1.807, 2.05) is 0 Å². The summed E-state index contributed by atoms with van der Waals surface area (Å²) in [6.45, 7) is 2.74. The van der Waals surface area contributed by atoms with E-state index in [4.69, 9.17) is 4.74 Å². The van der Waals surface area contributed by atoms with Crippen molar-refractivity contribution in [3.63, 3.8) is 0 Å². The number of ether oxygens (including phenoxy) is 1. The molecule has 1 heterocycles. The van der Waals surface area contributed by atoms with Crippen LogP contribution in [0.1, 0.15) is 13.8 Å². The molecule has 9 nitrogen and oxygen atoms in total. The van der Waals surface area contributed by atoms with Crippen molar-refractivity contribution in [2.45, 2.75) is 26.5 Å². The number of nitrogens with one attached hydrogen (secondary N) is 1. The maximum absolute atomic E-state index is 11.3. The normalized spacial score (nSPS) is 10.4. The van der Waals surface area contributed by atoms with E-state index in [0.29, 0.717) is 10.8 Å². The molecule has 18 heavy (non-hydrogen) atoms. The average Bonchev–Trinajstić information content (AvgIpc) is 2.20. The fourth-order valence-corrected chi connectivity index (χ4v) is 1.18. The number of nitro groups is 1. The van der Waals surface area contributed by atoms with Crippen LogP contribution in [0.25, 0.3) is 0 Å². The molecule has 1 N–H and O–H groups in total. The summed E-state index contributed by atoms with van der Waals surface area (Å²) >= 11 is 0. The standard InChI is InChI=1S/C9H11N3O6/c1-5(2)18-7(13)4-11-3-6(12(16)17)8(14)10-9(11)15/h3,5H,4H2,1-2H3,(H,10,14,15). The van der Waals surface area contributed by atoms with E-state index in [1.54, 1.807) is 18.8 Å². The zero-order chi connectivity index (χ0) is 13.9. The molecule has 1 aromatic rings. The molecule has 0 fully saturated rings. The summed E-state index contributed by atoms with van der Waals surface area (Å²) in [4.78, 5) is 45.0. The van der Waals surface area contributed by atoms with Crippen molar-refractivity contribution in [3.8, 4) is 0 Å². The number of hydrogen-bond donors (Lipinski definition) is 1. The van der Waals surface area contributed by atoms with Crippen LogP contribution in [0.4, 0.5) is 5.69 Å². The molecule has 0 aromatic carbocycles. The summed E-state index contributed by atoms with van der Waals surface area (Å²) in [6, 6.07) is 0. The van der Waals surface area contributed by atoms with Gasteiger partial charge in [0.15, 0.2) is 0 Å². The summed E-state index contributed by atoms with van der Waals surface area (Å²) < 4.78 is 5.49. The van der Waals surface area contributed by atoms with Crippen LogP contribution in [-0.4, -0.2) is 26.5 Å². The largest absolute Gasteiger partial charge is 0.462 e. The van der Waals surface area contributed by atoms with Crippen LogP contribution < -0.4 is 11.2 Å². The molecule has 0 radical (unpaired) electrons. The van der Waals surface area contributed by atoms with E-state index in [0.717, 1.165) is 0 Å². The van der Waals surface area contributed by atoms with Crippen LogP contribution in [0.2, 0.25) is 0 Å². The molecule has 0 aliphatic heterocycles. The Kier molecular flexibility index (Phi) is 3.97. The van der Waals surface area contributed by atoms with E-state index >= 15 is 0 Å². The number of H-pyrrole nitrogens is 1. The van der Waals surface area contributed by atoms with Crippen molar-refractivity contribution in [2.75, 3.05) is 0 Å². The van der Waals surface area contributed by atoms with Crippen molar-refractivity contribution in [3.05, 3.63) is 37.1 Å². The molecule has 0 amide bonds. The Balaban J connectivity index is 3.07. The zero-order valence-corrected chi connectivity index (χ0v) is 9.71. The van der Waals surface area contributed by atoms with Gasteiger partial charge in [-0.15, -0.1) is 0 Å². The topological polar surface area (TPSA) is 124 Å². The zero-order valence-electron chi connectivity index (χ0n) is 9.71. The SMILES string of the molecule is CC(C)OC(=O)Cn1cc([N+](=O)[O-])c(=O)[nH]c1=O. The van der Waals surface area contributed by atoms with Gasteiger partial charge in [0.1, 0.15) is 6.54 Å². The van der Waals surface area contributed by atoms with Gasteiger partial charge >= 0.3 is 22.9 Å². The Labute approximate surface area is 100 Å². The van der Waals surface area contributed by atoms with Crippen molar-refractivity contribution in [1.82, 2.24) is 9.55 Å². The first-order valence-corrected chi connectivity index (χ1v) is 4.99. The van der Waals surface area contributed by atoms with Gasteiger partial charge in [-0.2, -0.15) is 0 Å². The Hall–Kier alpha value is -2.45. The van der Waals surface area contributed by atoms with Crippen LogP contribution >= 0.6 is 0 Å². The number of esters is 1. The second-order valence-corrected chi connectivity index (χ2v) is 3.70. The lowest BCUT2D eigenvalue weighted by atomic mass is 10.4. The summed E-state index contributed by atoms with van der Waals surface area (Å²) in [7, 11) is 0. The molecule has 0 bridgehead atoms. The predicted octanol–water partition coefficient (Wildman–Crippen LogP) is -0.604. The first-order valence-electron chi connectivity index (χ1n) is 4.99. The Bertz CT molecular complexity index is 585. The molecule has 0 unspecified atom stereocenters. The Morgan fingerprint density at radius 3 is 2.67 bits per heavy atom. The number of carbonyl (C=O) groups is 1. The number of aromatic amines is 1. The molecule has 0 aliphatic carbocycles. The lowest BCUT2D eigenvalue weighted by molar-refractivity contribution is -0.386. The van der Waals surface area contributed by atoms with Crippen molar-refractivity contribution in [1.29, 1.82) is 0 Å². The monoisotopic (exact) mass is 257 g/mol. The van der Waals surface area contributed by atoms with Crippen LogP contribution in [0.3, 0.4) is 0 Å². The first kappa shape index (κ1) is 13.6. The highest BCUT2D eigenvalue weighted by molar-refractivity contribution is 5.69. The molecule has 0 atom stereocenters. The summed E-state index contributed by atoms with van der Waals surface area (Å²) in [5.74, 6) is -0.728. The fraction of sp³-hybridized carbons (Fsp3) is 0.444. The minimum Gasteiger partial charge on any atom is -0.462 e. The van der Waals surface area contributed by atoms with Gasteiger partial charge in [-0.05, 0) is 13.8 Å². The summed E-state index contributed by atoms with van der Waals surface area (Å²) in [5, 5.41) is 10.5. The van der Waals surface area contributed by atoms with Gasteiger partial charge in [0, 0.05) is 0 Å². The van der Waals surface area contributed by atoms with Crippen LogP contribution in [0.15, 0.2) is 15.8 Å². The lowest BCUT2D eigenvalue weighted by Gasteiger charge is -2.08. The van der Waals surface area contributed by atoms with E-state index < -0.39 is 34.4 Å². The molecule has 0 saturated carbocycles. The number of rotatable bonds is 4. The molecule has 0 saturated heterocycles. The van der Waals surface area contributed by atoms with Crippen molar-refractivity contribution >= 4 is 11.7 Å². The maximum Gasteiger partial charge on any atom is 0.350 e. The average molecular weight is 257 g/mol. The van der Waals surface area contributed by atoms with Gasteiger partial charge in [-0.3, -0.25) is 29.3 Å². The molecular weight excluding hydrogens is 246 g/mol. The lowest BCUT2D eigenvalue weighted by Crippen LogP contribution is -2.33. The third kappa shape index (κ3) is 3.27. The second kappa shape index (κ2) is 5.25. The highest BCUT2D eigenvalue weighted by atomic mass is 16.6. The molecule has 0 aliphatic rings. The van der Waals surface area contributed by atoms with E-state index in [1.165, 1.54) is 0 Å². The number of nitrogens with zero attached hydrogens (tertiary/aromatic N) is 2. The summed E-state index contributed by atoms with van der Waals surface area (Å²) in [6.07, 6.45) is 0.342. The van der Waals surface area contributed by atoms with E-state index in [2.05, 4.69) is 0 Å². The molecule has 98 valence electrons. The van der Waals surface area contributed by atoms with Gasteiger partial charge in [-0.1, -0.05) is 0 Å². The molecular formula is C9H11N3O6. The second-order valence-electron chi connectivity index (χ2n) is 3.70. The quantitative estimate of drug-likeness (QED) is 0.436. The van der Waals surface area contributed by atoms with Gasteiger partial charge in [0.2, 0.25) is 0 Å². The third-order valence-corrected chi connectivity index (χ3v) is 1.86. The number of aromatic nitrogens is 2. The fourth-order valence-electron chi connectivity index (χ4n) is 1.18. The number of hydrogen-bond acceptors (Lipinski definition) is 6. The third-order valence-electron chi connectivity index (χ3n) is 1.86. The van der Waals surface area contributed by atoms with Crippen molar-refractivity contribution in [2.24, 2.45) is 0 Å². The van der Waals surface area contributed by atoms with E-state index in [9.17, 15) is 24.5 Å². The number of carbonyl (C=O) groups excluding carboxylic acids is 1. The highest BCUT2D eigenvalue weighted by Crippen LogP contribution is 1.99. The predicted molar refractivity (Wildman–Crippen MR) is 59.2 cm³/mol. The van der Waals surface area contributed by atoms with Crippen LogP contribution in [0, 0.1) is 10.1 Å². The smallest absolute Gasteiger partial charge is 0.350 e.